The zero-order valence-electron chi connectivity index (χ0n) is 13.6. The quantitative estimate of drug-likeness (QED) is 0.469. The van der Waals surface area contributed by atoms with Crippen LogP contribution in [0.2, 0.25) is 0 Å². The largest absolute Gasteiger partial charge is 0.493 e. The molecule has 132 valence electrons. The van der Waals surface area contributed by atoms with Gasteiger partial charge in [0.25, 0.3) is 0 Å². The van der Waals surface area contributed by atoms with Crippen molar-refractivity contribution in [2.75, 3.05) is 32.2 Å². The molecule has 0 amide bonds. The Morgan fingerprint density at radius 1 is 1.12 bits per heavy atom. The van der Waals surface area contributed by atoms with Gasteiger partial charge in [0.2, 0.25) is 10.0 Å². The van der Waals surface area contributed by atoms with Crippen LogP contribution in [0.3, 0.4) is 0 Å². The number of benzene rings is 1. The molecule has 0 bridgehead atoms. The predicted molar refractivity (Wildman–Crippen MR) is 99.8 cm³/mol. The van der Waals surface area contributed by atoms with Crippen LogP contribution in [0.4, 0.5) is 0 Å². The van der Waals surface area contributed by atoms with E-state index in [-0.39, 0.29) is 4.90 Å². The maximum absolute atomic E-state index is 12.0. The molecule has 2 aromatic rings. The lowest BCUT2D eigenvalue weighted by atomic mass is 10.3. The lowest BCUT2D eigenvalue weighted by molar-refractivity contribution is 0.343. The van der Waals surface area contributed by atoms with Crippen molar-refractivity contribution in [1.82, 2.24) is 14.5 Å². The van der Waals surface area contributed by atoms with E-state index in [1.54, 1.807) is 59.1 Å². The Labute approximate surface area is 155 Å². The molecule has 0 saturated carbocycles. The van der Waals surface area contributed by atoms with Crippen molar-refractivity contribution in [2.24, 2.45) is 0 Å². The van der Waals surface area contributed by atoms with Gasteiger partial charge in [-0.25, -0.2) is 12.7 Å². The third-order valence-corrected chi connectivity index (χ3v) is 7.70. The zero-order chi connectivity index (χ0) is 17.6. The van der Waals surface area contributed by atoms with E-state index in [4.69, 9.17) is 4.74 Å². The SMILES string of the molecule is CCSc1nnc(SCCOc2ccc(S(=O)(=O)N(C)C)cc2)s1. The Morgan fingerprint density at radius 3 is 2.33 bits per heavy atom. The molecule has 1 heterocycles. The van der Waals surface area contributed by atoms with Gasteiger partial charge >= 0.3 is 0 Å². The Bertz CT molecular complexity index is 745. The average Bonchev–Trinajstić information content (AvgIpc) is 3.00. The highest BCUT2D eigenvalue weighted by Gasteiger charge is 2.16. The molecule has 1 aromatic heterocycles. The first-order chi connectivity index (χ1) is 11.4. The van der Waals surface area contributed by atoms with E-state index in [0.29, 0.717) is 12.4 Å². The highest BCUT2D eigenvalue weighted by Crippen LogP contribution is 2.28. The van der Waals surface area contributed by atoms with E-state index in [1.165, 1.54) is 18.4 Å². The molecule has 24 heavy (non-hydrogen) atoms. The predicted octanol–water partition coefficient (Wildman–Crippen LogP) is 3.07. The van der Waals surface area contributed by atoms with E-state index in [0.717, 1.165) is 20.2 Å². The van der Waals surface area contributed by atoms with Gasteiger partial charge in [0.1, 0.15) is 5.75 Å². The summed E-state index contributed by atoms with van der Waals surface area (Å²) < 4.78 is 32.7. The molecule has 0 radical (unpaired) electrons. The summed E-state index contributed by atoms with van der Waals surface area (Å²) in [7, 11) is -0.382. The third-order valence-electron chi connectivity index (χ3n) is 2.84. The molecular formula is C14H19N3O3S4. The van der Waals surface area contributed by atoms with Crippen molar-refractivity contribution in [2.45, 2.75) is 20.5 Å². The van der Waals surface area contributed by atoms with Crippen molar-refractivity contribution < 1.29 is 13.2 Å². The minimum Gasteiger partial charge on any atom is -0.493 e. The molecule has 0 aliphatic rings. The Hall–Kier alpha value is -0.810. The van der Waals surface area contributed by atoms with Crippen LogP contribution < -0.4 is 4.74 Å². The Kier molecular flexibility index (Phi) is 7.35. The van der Waals surface area contributed by atoms with Gasteiger partial charge in [-0.2, -0.15) is 0 Å². The molecule has 1 aromatic carbocycles. The summed E-state index contributed by atoms with van der Waals surface area (Å²) in [5.74, 6) is 2.39. The number of ether oxygens (including phenoxy) is 1. The van der Waals surface area contributed by atoms with E-state index >= 15 is 0 Å². The van der Waals surface area contributed by atoms with Crippen molar-refractivity contribution in [3.63, 3.8) is 0 Å². The van der Waals surface area contributed by atoms with Gasteiger partial charge in [-0.05, 0) is 30.0 Å². The lowest BCUT2D eigenvalue weighted by Gasteiger charge is -2.12. The second kappa shape index (κ2) is 9.04. The summed E-state index contributed by atoms with van der Waals surface area (Å²) in [5.41, 5.74) is 0. The molecule has 2 rings (SSSR count). The highest BCUT2D eigenvalue weighted by atomic mass is 32.2. The minimum absolute atomic E-state index is 0.254. The maximum atomic E-state index is 12.0. The maximum Gasteiger partial charge on any atom is 0.242 e. The smallest absolute Gasteiger partial charge is 0.242 e. The van der Waals surface area contributed by atoms with Gasteiger partial charge in [0.05, 0.1) is 11.5 Å². The molecule has 10 heteroatoms. The molecule has 0 spiro atoms. The van der Waals surface area contributed by atoms with Crippen molar-refractivity contribution in [1.29, 1.82) is 0 Å². The van der Waals surface area contributed by atoms with Crippen LogP contribution in [-0.4, -0.2) is 55.1 Å². The molecule has 0 aliphatic heterocycles. The normalized spacial score (nSPS) is 11.8. The standard InChI is InChI=1S/C14H19N3O3S4/c1-4-21-13-15-16-14(23-13)22-10-9-20-11-5-7-12(8-6-11)24(18,19)17(2)3/h5-8H,4,9-10H2,1-3H3. The monoisotopic (exact) mass is 405 g/mol. The molecule has 0 atom stereocenters. The number of thioether (sulfide) groups is 2. The highest BCUT2D eigenvalue weighted by molar-refractivity contribution is 8.03. The van der Waals surface area contributed by atoms with Crippen LogP contribution in [0.1, 0.15) is 6.92 Å². The topological polar surface area (TPSA) is 72.4 Å². The summed E-state index contributed by atoms with van der Waals surface area (Å²) >= 11 is 4.87. The molecule has 0 saturated heterocycles. The molecule has 6 nitrogen and oxygen atoms in total. The summed E-state index contributed by atoms with van der Waals surface area (Å²) in [6.45, 7) is 2.60. The second-order valence-electron chi connectivity index (χ2n) is 4.72. The number of hydrogen-bond acceptors (Lipinski definition) is 8. The number of sulfonamides is 1. The first-order valence-electron chi connectivity index (χ1n) is 7.18. The van der Waals surface area contributed by atoms with Crippen LogP contribution in [0, 0.1) is 0 Å². The van der Waals surface area contributed by atoms with Crippen molar-refractivity contribution in [3.8, 4) is 5.75 Å². The van der Waals surface area contributed by atoms with Gasteiger partial charge in [-0.3, -0.25) is 0 Å². The zero-order valence-corrected chi connectivity index (χ0v) is 16.9. The second-order valence-corrected chi connectivity index (χ2v) is 10.7. The summed E-state index contributed by atoms with van der Waals surface area (Å²) in [5, 5.41) is 8.22. The van der Waals surface area contributed by atoms with E-state index in [1.807, 2.05) is 0 Å². The molecular weight excluding hydrogens is 386 g/mol. The van der Waals surface area contributed by atoms with Gasteiger partial charge in [-0.15, -0.1) is 10.2 Å². The van der Waals surface area contributed by atoms with Gasteiger partial charge in [0.15, 0.2) is 8.68 Å². The van der Waals surface area contributed by atoms with Crippen LogP contribution in [0.25, 0.3) is 0 Å². The summed E-state index contributed by atoms with van der Waals surface area (Å²) in [6.07, 6.45) is 0. The van der Waals surface area contributed by atoms with Crippen molar-refractivity contribution in [3.05, 3.63) is 24.3 Å². The van der Waals surface area contributed by atoms with Crippen molar-refractivity contribution >= 4 is 44.9 Å². The van der Waals surface area contributed by atoms with Crippen LogP contribution >= 0.6 is 34.9 Å². The number of aromatic nitrogens is 2. The minimum atomic E-state index is -3.40. The van der Waals surface area contributed by atoms with Crippen LogP contribution in [0.15, 0.2) is 37.8 Å². The van der Waals surface area contributed by atoms with Gasteiger partial charge in [-0.1, -0.05) is 41.8 Å². The van der Waals surface area contributed by atoms with Gasteiger partial charge in [0, 0.05) is 19.8 Å². The summed E-state index contributed by atoms with van der Waals surface area (Å²) in [4.78, 5) is 0.254. The Morgan fingerprint density at radius 2 is 1.75 bits per heavy atom. The number of nitrogens with zero attached hydrogens (tertiary/aromatic N) is 3. The lowest BCUT2D eigenvalue weighted by Crippen LogP contribution is -2.22. The fourth-order valence-electron chi connectivity index (χ4n) is 1.64. The number of rotatable bonds is 9. The number of hydrogen-bond donors (Lipinski definition) is 0. The van der Waals surface area contributed by atoms with E-state index < -0.39 is 10.0 Å². The Balaban J connectivity index is 1.80. The molecule has 0 unspecified atom stereocenters. The van der Waals surface area contributed by atoms with Gasteiger partial charge < -0.3 is 4.74 Å². The summed E-state index contributed by atoms with van der Waals surface area (Å²) in [6, 6.07) is 6.44. The van der Waals surface area contributed by atoms with E-state index in [2.05, 4.69) is 17.1 Å². The van der Waals surface area contributed by atoms with Crippen LogP contribution in [-0.2, 0) is 10.0 Å². The molecule has 0 N–H and O–H groups in total. The first kappa shape index (κ1) is 19.5. The average molecular weight is 406 g/mol. The fourth-order valence-corrected chi connectivity index (χ4v) is 5.35. The molecule has 0 fully saturated rings. The first-order valence-corrected chi connectivity index (χ1v) is 11.4. The third kappa shape index (κ3) is 5.35. The van der Waals surface area contributed by atoms with E-state index in [9.17, 15) is 8.42 Å². The fraction of sp³-hybridized carbons (Fsp3) is 0.429. The molecule has 0 aliphatic carbocycles. The van der Waals surface area contributed by atoms with Crippen LogP contribution in [0.5, 0.6) is 5.75 Å².